The van der Waals surface area contributed by atoms with Crippen molar-refractivity contribution in [3.63, 3.8) is 0 Å². The van der Waals surface area contributed by atoms with Crippen molar-refractivity contribution in [2.45, 2.75) is 63.6 Å². The van der Waals surface area contributed by atoms with Crippen LogP contribution in [0.25, 0.3) is 0 Å². The number of carbonyl (C=O) groups is 3. The maximum Gasteiger partial charge on any atom is 0.325 e. The molecule has 7 atom stereocenters. The van der Waals surface area contributed by atoms with Gasteiger partial charge in [-0.1, -0.05) is 0 Å². The second-order valence-corrected chi connectivity index (χ2v) is 5.90. The quantitative estimate of drug-likeness (QED) is 0.431. The van der Waals surface area contributed by atoms with Crippen LogP contribution in [0.1, 0.15) is 20.8 Å². The number of hydrogen-bond donors (Lipinski definition) is 4. The molecule has 0 aromatic heterocycles. The van der Waals surface area contributed by atoms with Gasteiger partial charge in [0.15, 0.2) is 6.29 Å². The highest BCUT2D eigenvalue weighted by molar-refractivity contribution is 5.85. The molecule has 4 N–H and O–H groups in total. The number of fused-ring (bicyclic) bond motifs is 2. The Morgan fingerprint density at radius 1 is 1.29 bits per heavy atom. The molecule has 0 unspecified atom stereocenters. The lowest BCUT2D eigenvalue weighted by Crippen LogP contribution is -2.62. The molecule has 10 heteroatoms. The molecule has 136 valence electrons. The van der Waals surface area contributed by atoms with Gasteiger partial charge in [-0.3, -0.25) is 14.4 Å². The summed E-state index contributed by atoms with van der Waals surface area (Å²) in [6.07, 6.45) is -4.47. The number of hydrogen-bond acceptors (Lipinski definition) is 7. The predicted molar refractivity (Wildman–Crippen MR) is 77.8 cm³/mol. The van der Waals surface area contributed by atoms with Gasteiger partial charge in [-0.2, -0.15) is 0 Å². The zero-order valence-electron chi connectivity index (χ0n) is 13.6. The Hall–Kier alpha value is -1.75. The molecule has 2 heterocycles. The summed E-state index contributed by atoms with van der Waals surface area (Å²) in [5.41, 5.74) is 0. The van der Waals surface area contributed by atoms with Crippen LogP contribution in [0.4, 0.5) is 0 Å². The molecule has 0 aromatic carbocycles. The molecule has 10 nitrogen and oxygen atoms in total. The van der Waals surface area contributed by atoms with Crippen LogP contribution in [-0.2, 0) is 28.6 Å². The molecular weight excluding hydrogens is 324 g/mol. The molecule has 24 heavy (non-hydrogen) atoms. The first-order valence-electron chi connectivity index (χ1n) is 7.61. The Kier molecular flexibility index (Phi) is 5.75. The first-order chi connectivity index (χ1) is 11.2. The van der Waals surface area contributed by atoms with E-state index in [4.69, 9.17) is 19.3 Å². The Balaban J connectivity index is 2.05. The van der Waals surface area contributed by atoms with Gasteiger partial charge in [0.05, 0.1) is 6.61 Å². The number of nitrogens with one attached hydrogen (secondary N) is 2. The first-order valence-corrected chi connectivity index (χ1v) is 7.61. The largest absolute Gasteiger partial charge is 0.480 e. The average Bonchev–Trinajstić information content (AvgIpc) is 2.94. The highest BCUT2D eigenvalue weighted by Gasteiger charge is 2.52. The monoisotopic (exact) mass is 346 g/mol. The second-order valence-electron chi connectivity index (χ2n) is 5.90. The average molecular weight is 346 g/mol. The lowest BCUT2D eigenvalue weighted by atomic mass is 9.98. The van der Waals surface area contributed by atoms with Crippen molar-refractivity contribution in [1.82, 2.24) is 10.6 Å². The summed E-state index contributed by atoms with van der Waals surface area (Å²) in [5.74, 6) is -2.18. The highest BCUT2D eigenvalue weighted by atomic mass is 16.7. The summed E-state index contributed by atoms with van der Waals surface area (Å²) in [6.45, 7) is 4.21. The van der Waals surface area contributed by atoms with Gasteiger partial charge in [-0.05, 0) is 13.8 Å². The Morgan fingerprint density at radius 3 is 2.54 bits per heavy atom. The third-order valence-corrected chi connectivity index (χ3v) is 3.93. The molecule has 0 spiro atoms. The van der Waals surface area contributed by atoms with E-state index in [9.17, 15) is 19.5 Å². The number of carboxylic acids is 1. The molecular formula is C14H22N2O8. The van der Waals surface area contributed by atoms with Crippen LogP contribution in [-0.4, -0.2) is 77.4 Å². The van der Waals surface area contributed by atoms with Crippen LogP contribution in [0.15, 0.2) is 0 Å². The maximum atomic E-state index is 12.0. The van der Waals surface area contributed by atoms with Gasteiger partial charge in [0, 0.05) is 6.92 Å². The zero-order chi connectivity index (χ0) is 18.0. The highest BCUT2D eigenvalue weighted by Crippen LogP contribution is 2.30. The van der Waals surface area contributed by atoms with Crippen molar-refractivity contribution < 1.29 is 38.8 Å². The van der Waals surface area contributed by atoms with Crippen LogP contribution >= 0.6 is 0 Å². The maximum absolute atomic E-state index is 12.0. The van der Waals surface area contributed by atoms with Gasteiger partial charge in [-0.25, -0.2) is 0 Å². The SMILES string of the molecule is CC(=O)N[C@H]1[C@@H]2OC[C@@H](O2)[C@@H](O)[C@@H]1O[C@H](C)C(=O)N[C@@H](C)C(=O)O. The van der Waals surface area contributed by atoms with Gasteiger partial charge in [0.1, 0.15) is 36.5 Å². The molecule has 0 aliphatic carbocycles. The smallest absolute Gasteiger partial charge is 0.325 e. The summed E-state index contributed by atoms with van der Waals surface area (Å²) in [4.78, 5) is 34.2. The van der Waals surface area contributed by atoms with Gasteiger partial charge in [0.2, 0.25) is 11.8 Å². The van der Waals surface area contributed by atoms with Gasteiger partial charge in [0.25, 0.3) is 0 Å². The fraction of sp³-hybridized carbons (Fsp3) is 0.786. The number of amides is 2. The van der Waals surface area contributed by atoms with Crippen LogP contribution in [0.2, 0.25) is 0 Å². The number of carbonyl (C=O) groups excluding carboxylic acids is 2. The lowest BCUT2D eigenvalue weighted by Gasteiger charge is -2.39. The topological polar surface area (TPSA) is 143 Å². The van der Waals surface area contributed by atoms with E-state index in [-0.39, 0.29) is 12.5 Å². The lowest BCUT2D eigenvalue weighted by molar-refractivity contribution is -0.209. The fourth-order valence-corrected chi connectivity index (χ4v) is 2.63. The van der Waals surface area contributed by atoms with Crippen molar-refractivity contribution in [3.8, 4) is 0 Å². The number of aliphatic hydroxyl groups is 1. The van der Waals surface area contributed by atoms with Crippen molar-refractivity contribution in [1.29, 1.82) is 0 Å². The number of aliphatic carboxylic acids is 1. The molecule has 0 radical (unpaired) electrons. The Labute approximate surface area is 138 Å². The van der Waals surface area contributed by atoms with Crippen LogP contribution in [0.5, 0.6) is 0 Å². The van der Waals surface area contributed by atoms with Crippen molar-refractivity contribution in [2.75, 3.05) is 6.61 Å². The van der Waals surface area contributed by atoms with E-state index in [2.05, 4.69) is 10.6 Å². The Morgan fingerprint density at radius 2 is 1.96 bits per heavy atom. The summed E-state index contributed by atoms with van der Waals surface area (Å²) < 4.78 is 16.4. The van der Waals surface area contributed by atoms with E-state index >= 15 is 0 Å². The minimum atomic E-state index is -1.18. The second kappa shape index (κ2) is 7.43. The standard InChI is InChI=1S/C14H22N2O8/c1-5(13(20)21)15-12(19)6(2)23-11-9(16-7(3)17)14-22-4-8(24-14)10(11)18/h5-6,8-11,14,18H,4H2,1-3H3,(H,15,19)(H,16,17)(H,20,21)/t5-,6+,8+,9+,10+,11+,14+/m0/s1. The van der Waals surface area contributed by atoms with Crippen LogP contribution in [0, 0.1) is 0 Å². The third kappa shape index (κ3) is 4.01. The minimum Gasteiger partial charge on any atom is -0.480 e. The summed E-state index contributed by atoms with van der Waals surface area (Å²) in [6, 6.07) is -1.86. The normalized spacial score (nSPS) is 34.2. The van der Waals surface area contributed by atoms with Gasteiger partial charge < -0.3 is 35.1 Å². The van der Waals surface area contributed by atoms with E-state index in [0.717, 1.165) is 0 Å². The third-order valence-electron chi connectivity index (χ3n) is 3.93. The van der Waals surface area contributed by atoms with Crippen molar-refractivity contribution in [2.24, 2.45) is 0 Å². The van der Waals surface area contributed by atoms with Gasteiger partial charge in [-0.15, -0.1) is 0 Å². The number of aliphatic hydroxyl groups excluding tert-OH is 1. The van der Waals surface area contributed by atoms with Crippen LogP contribution in [0.3, 0.4) is 0 Å². The van der Waals surface area contributed by atoms with E-state index in [1.165, 1.54) is 20.8 Å². The predicted octanol–water partition coefficient (Wildman–Crippen LogP) is -2.03. The molecule has 2 fully saturated rings. The van der Waals surface area contributed by atoms with E-state index in [1.807, 2.05) is 0 Å². The molecule has 2 aliphatic rings. The molecule has 2 saturated heterocycles. The molecule has 2 aliphatic heterocycles. The minimum absolute atomic E-state index is 0.151. The fourth-order valence-electron chi connectivity index (χ4n) is 2.63. The Bertz CT molecular complexity index is 513. The van der Waals surface area contributed by atoms with Crippen LogP contribution < -0.4 is 10.6 Å². The van der Waals surface area contributed by atoms with Crippen molar-refractivity contribution >= 4 is 17.8 Å². The molecule has 2 rings (SSSR count). The van der Waals surface area contributed by atoms with E-state index in [0.29, 0.717) is 0 Å². The number of rotatable bonds is 6. The van der Waals surface area contributed by atoms with Crippen molar-refractivity contribution in [3.05, 3.63) is 0 Å². The molecule has 2 bridgehead atoms. The summed E-state index contributed by atoms with van der Waals surface area (Å²) in [7, 11) is 0. The summed E-state index contributed by atoms with van der Waals surface area (Å²) in [5, 5.41) is 24.0. The first kappa shape index (κ1) is 18.6. The zero-order valence-corrected chi connectivity index (χ0v) is 13.6. The molecule has 0 aromatic rings. The molecule has 0 saturated carbocycles. The van der Waals surface area contributed by atoms with E-state index in [1.54, 1.807) is 0 Å². The molecule has 2 amide bonds. The van der Waals surface area contributed by atoms with Gasteiger partial charge >= 0.3 is 5.97 Å². The number of carboxylic acid groups (broad SMARTS) is 1. The number of ether oxygens (including phenoxy) is 3. The summed E-state index contributed by atoms with van der Waals surface area (Å²) >= 11 is 0. The van der Waals surface area contributed by atoms with E-state index < -0.39 is 54.7 Å².